The molecular weight excluding hydrogens is 211 g/mol. The lowest BCUT2D eigenvalue weighted by Gasteiger charge is -1.99. The molecule has 1 aromatic heterocycles. The second-order valence-corrected chi connectivity index (χ2v) is 3.37. The Balaban J connectivity index is 2.56. The van der Waals surface area contributed by atoms with Crippen molar-refractivity contribution in [1.29, 1.82) is 0 Å². The quantitative estimate of drug-likeness (QED) is 0.815. The molecule has 0 aliphatic carbocycles. The van der Waals surface area contributed by atoms with Crippen molar-refractivity contribution >= 4 is 5.97 Å². The van der Waals surface area contributed by atoms with Gasteiger partial charge in [0.1, 0.15) is 11.4 Å². The molecule has 0 fully saturated rings. The van der Waals surface area contributed by atoms with Gasteiger partial charge in [-0.05, 0) is 31.2 Å². The maximum atomic E-state index is 12.7. The number of nitrogens with zero attached hydrogens (tertiary/aromatic N) is 1. The number of rotatable bonds is 2. The number of aromatic carboxylic acids is 1. The minimum atomic E-state index is -1.05. The Morgan fingerprint density at radius 1 is 1.38 bits per heavy atom. The van der Waals surface area contributed by atoms with Crippen LogP contribution in [-0.4, -0.2) is 21.3 Å². The fraction of sp³-hybridized carbons (Fsp3) is 0.0909. The van der Waals surface area contributed by atoms with Crippen LogP contribution in [0.2, 0.25) is 0 Å². The highest BCUT2D eigenvalue weighted by Gasteiger charge is 2.17. The fourth-order valence-corrected chi connectivity index (χ4v) is 1.52. The molecule has 2 N–H and O–H groups in total. The molecule has 0 saturated heterocycles. The molecule has 16 heavy (non-hydrogen) atoms. The largest absolute Gasteiger partial charge is 0.478 e. The second kappa shape index (κ2) is 3.77. The highest BCUT2D eigenvalue weighted by molar-refractivity contribution is 5.95. The van der Waals surface area contributed by atoms with E-state index in [-0.39, 0.29) is 11.4 Å². The molecule has 5 heteroatoms. The molecule has 0 bridgehead atoms. The molecule has 0 radical (unpaired) electrons. The summed E-state index contributed by atoms with van der Waals surface area (Å²) in [5.74, 6) is -1.41. The van der Waals surface area contributed by atoms with Crippen LogP contribution >= 0.6 is 0 Å². The standard InChI is InChI=1S/C11H9FN2O2/c1-6-9(11(15)16)10(14-13-6)7-2-4-8(12)5-3-7/h2-5H,1H3,(H,13,14)(H,15,16). The molecule has 0 aliphatic rings. The normalized spacial score (nSPS) is 10.4. The summed E-state index contributed by atoms with van der Waals surface area (Å²) in [4.78, 5) is 11.0. The first kappa shape index (κ1) is 10.4. The third kappa shape index (κ3) is 1.67. The summed E-state index contributed by atoms with van der Waals surface area (Å²) in [5, 5.41) is 15.5. The third-order valence-electron chi connectivity index (χ3n) is 2.29. The Morgan fingerprint density at radius 2 is 2.00 bits per heavy atom. The number of nitrogens with one attached hydrogen (secondary N) is 1. The van der Waals surface area contributed by atoms with Crippen LogP contribution in [-0.2, 0) is 0 Å². The zero-order chi connectivity index (χ0) is 11.7. The summed E-state index contributed by atoms with van der Waals surface area (Å²) in [6.07, 6.45) is 0. The van der Waals surface area contributed by atoms with Crippen LogP contribution in [0.15, 0.2) is 24.3 Å². The van der Waals surface area contributed by atoms with Gasteiger partial charge >= 0.3 is 5.97 Å². The zero-order valence-corrected chi connectivity index (χ0v) is 8.49. The fourth-order valence-electron chi connectivity index (χ4n) is 1.52. The van der Waals surface area contributed by atoms with Gasteiger partial charge in [0.2, 0.25) is 0 Å². The van der Waals surface area contributed by atoms with Gasteiger partial charge in [-0.25, -0.2) is 9.18 Å². The number of aryl methyl sites for hydroxylation is 1. The van der Waals surface area contributed by atoms with E-state index in [9.17, 15) is 9.18 Å². The SMILES string of the molecule is Cc1n[nH]c(-c2ccc(F)cc2)c1C(=O)O. The number of carboxylic acid groups (broad SMARTS) is 1. The van der Waals surface area contributed by atoms with E-state index in [2.05, 4.69) is 10.2 Å². The molecule has 4 nitrogen and oxygen atoms in total. The Morgan fingerprint density at radius 3 is 2.56 bits per heavy atom. The van der Waals surface area contributed by atoms with Crippen LogP contribution in [0.25, 0.3) is 11.3 Å². The highest BCUT2D eigenvalue weighted by Crippen LogP contribution is 2.23. The first-order chi connectivity index (χ1) is 7.59. The predicted molar refractivity (Wildman–Crippen MR) is 55.7 cm³/mol. The van der Waals surface area contributed by atoms with Crippen molar-refractivity contribution < 1.29 is 14.3 Å². The van der Waals surface area contributed by atoms with Crippen molar-refractivity contribution in [3.63, 3.8) is 0 Å². The van der Waals surface area contributed by atoms with Gasteiger partial charge in [0, 0.05) is 5.56 Å². The molecule has 2 rings (SSSR count). The Labute approximate surface area is 90.7 Å². The number of carbonyl (C=O) groups is 1. The van der Waals surface area contributed by atoms with E-state index in [0.717, 1.165) is 0 Å². The molecule has 1 heterocycles. The Bertz CT molecular complexity index is 531. The van der Waals surface area contributed by atoms with E-state index in [4.69, 9.17) is 5.11 Å². The number of H-pyrrole nitrogens is 1. The van der Waals surface area contributed by atoms with Crippen LogP contribution in [0.4, 0.5) is 4.39 Å². The number of carboxylic acids is 1. The molecule has 0 aliphatic heterocycles. The minimum absolute atomic E-state index is 0.117. The van der Waals surface area contributed by atoms with Gasteiger partial charge in [-0.15, -0.1) is 0 Å². The number of aromatic amines is 1. The van der Waals surface area contributed by atoms with Crippen molar-refractivity contribution in [1.82, 2.24) is 10.2 Å². The van der Waals surface area contributed by atoms with Gasteiger partial charge in [0.15, 0.2) is 0 Å². The van der Waals surface area contributed by atoms with Crippen LogP contribution in [0.1, 0.15) is 16.1 Å². The topological polar surface area (TPSA) is 66.0 Å². The Hall–Kier alpha value is -2.17. The second-order valence-electron chi connectivity index (χ2n) is 3.37. The van der Waals surface area contributed by atoms with Gasteiger partial charge < -0.3 is 5.11 Å². The number of aromatic nitrogens is 2. The zero-order valence-electron chi connectivity index (χ0n) is 8.49. The van der Waals surface area contributed by atoms with E-state index < -0.39 is 5.97 Å². The van der Waals surface area contributed by atoms with E-state index in [1.165, 1.54) is 24.3 Å². The molecular formula is C11H9FN2O2. The molecule has 0 amide bonds. The van der Waals surface area contributed by atoms with Gasteiger partial charge in [-0.3, -0.25) is 5.10 Å². The number of hydrogen-bond acceptors (Lipinski definition) is 2. The maximum Gasteiger partial charge on any atom is 0.339 e. The van der Waals surface area contributed by atoms with Gasteiger partial charge in [0.25, 0.3) is 0 Å². The average Bonchev–Trinajstić information content (AvgIpc) is 2.61. The number of halogens is 1. The van der Waals surface area contributed by atoms with Crippen molar-refractivity contribution in [2.75, 3.05) is 0 Å². The first-order valence-electron chi connectivity index (χ1n) is 4.64. The number of benzene rings is 1. The Kier molecular flexibility index (Phi) is 2.44. The molecule has 0 spiro atoms. The van der Waals surface area contributed by atoms with Crippen molar-refractivity contribution in [2.45, 2.75) is 6.92 Å². The van der Waals surface area contributed by atoms with Crippen molar-refractivity contribution in [2.24, 2.45) is 0 Å². The number of hydrogen-bond donors (Lipinski definition) is 2. The molecule has 0 saturated carbocycles. The summed E-state index contributed by atoms with van der Waals surface area (Å²) in [7, 11) is 0. The summed E-state index contributed by atoms with van der Waals surface area (Å²) >= 11 is 0. The molecule has 82 valence electrons. The van der Waals surface area contributed by atoms with Crippen molar-refractivity contribution in [3.8, 4) is 11.3 Å². The van der Waals surface area contributed by atoms with E-state index in [1.54, 1.807) is 6.92 Å². The summed E-state index contributed by atoms with van der Waals surface area (Å²) in [6, 6.07) is 5.57. The van der Waals surface area contributed by atoms with E-state index >= 15 is 0 Å². The summed E-state index contributed by atoms with van der Waals surface area (Å²) in [5.41, 5.74) is 1.52. The summed E-state index contributed by atoms with van der Waals surface area (Å²) < 4.78 is 12.7. The highest BCUT2D eigenvalue weighted by atomic mass is 19.1. The van der Waals surface area contributed by atoms with Crippen LogP contribution in [0, 0.1) is 12.7 Å². The van der Waals surface area contributed by atoms with Crippen LogP contribution in [0.5, 0.6) is 0 Å². The smallest absolute Gasteiger partial charge is 0.339 e. The lowest BCUT2D eigenvalue weighted by atomic mass is 10.1. The first-order valence-corrected chi connectivity index (χ1v) is 4.64. The summed E-state index contributed by atoms with van der Waals surface area (Å²) in [6.45, 7) is 1.60. The van der Waals surface area contributed by atoms with E-state index in [1.807, 2.05) is 0 Å². The van der Waals surface area contributed by atoms with Crippen LogP contribution < -0.4 is 0 Å². The molecule has 0 atom stereocenters. The lowest BCUT2D eigenvalue weighted by Crippen LogP contribution is -1.99. The van der Waals surface area contributed by atoms with Crippen LogP contribution in [0.3, 0.4) is 0 Å². The maximum absolute atomic E-state index is 12.7. The van der Waals surface area contributed by atoms with Gasteiger partial charge in [-0.2, -0.15) is 5.10 Å². The average molecular weight is 220 g/mol. The third-order valence-corrected chi connectivity index (χ3v) is 2.29. The van der Waals surface area contributed by atoms with E-state index in [0.29, 0.717) is 17.0 Å². The molecule has 2 aromatic rings. The molecule has 1 aromatic carbocycles. The predicted octanol–water partition coefficient (Wildman–Crippen LogP) is 2.22. The van der Waals surface area contributed by atoms with Gasteiger partial charge in [0.05, 0.1) is 11.4 Å². The van der Waals surface area contributed by atoms with Crippen molar-refractivity contribution in [3.05, 3.63) is 41.3 Å². The minimum Gasteiger partial charge on any atom is -0.478 e. The van der Waals surface area contributed by atoms with Gasteiger partial charge in [-0.1, -0.05) is 0 Å². The monoisotopic (exact) mass is 220 g/mol. The lowest BCUT2D eigenvalue weighted by molar-refractivity contribution is 0.0697. The molecule has 0 unspecified atom stereocenters.